The van der Waals surface area contributed by atoms with Crippen molar-refractivity contribution >= 4 is 0 Å². The molecule has 0 aliphatic rings. The van der Waals surface area contributed by atoms with Crippen molar-refractivity contribution in [2.45, 2.75) is 19.6 Å². The van der Waals surface area contributed by atoms with Crippen LogP contribution in [0.25, 0.3) is 0 Å². The maximum absolute atomic E-state index is 8.99. The minimum Gasteiger partial charge on any atom is -0.491 e. The number of rotatable bonds is 4. The fourth-order valence-corrected chi connectivity index (χ4v) is 0.979. The fraction of sp³-hybridized carbons (Fsp3) is 0.400. The van der Waals surface area contributed by atoms with E-state index in [-0.39, 0.29) is 0 Å². The van der Waals surface area contributed by atoms with Gasteiger partial charge in [0, 0.05) is 6.54 Å². The van der Waals surface area contributed by atoms with E-state index in [0.29, 0.717) is 13.2 Å². The van der Waals surface area contributed by atoms with E-state index in [1.807, 2.05) is 24.3 Å². The van der Waals surface area contributed by atoms with Crippen molar-refractivity contribution in [2.24, 2.45) is 5.73 Å². The van der Waals surface area contributed by atoms with Crippen molar-refractivity contribution in [3.63, 3.8) is 0 Å². The average Bonchev–Trinajstić information content (AvgIpc) is 2.15. The van der Waals surface area contributed by atoms with Gasteiger partial charge in [-0.15, -0.1) is 0 Å². The van der Waals surface area contributed by atoms with E-state index in [2.05, 4.69) is 0 Å². The highest BCUT2D eigenvalue weighted by Crippen LogP contribution is 2.12. The van der Waals surface area contributed by atoms with Gasteiger partial charge in [-0.05, 0) is 24.6 Å². The first kappa shape index (κ1) is 10.0. The van der Waals surface area contributed by atoms with E-state index < -0.39 is 6.10 Å². The van der Waals surface area contributed by atoms with Gasteiger partial charge in [0.15, 0.2) is 0 Å². The zero-order valence-corrected chi connectivity index (χ0v) is 7.73. The molecule has 0 aliphatic carbocycles. The Morgan fingerprint density at radius 3 is 2.92 bits per heavy atom. The fourth-order valence-electron chi connectivity index (χ4n) is 0.979. The molecule has 0 saturated carbocycles. The summed E-state index contributed by atoms with van der Waals surface area (Å²) in [4.78, 5) is 0. The molecule has 0 heterocycles. The molecule has 1 aromatic rings. The molecule has 1 atom stereocenters. The second-order valence-corrected chi connectivity index (χ2v) is 3.01. The molecule has 0 fully saturated rings. The van der Waals surface area contributed by atoms with Gasteiger partial charge in [0.1, 0.15) is 12.4 Å². The summed E-state index contributed by atoms with van der Waals surface area (Å²) in [5.74, 6) is 0.754. The summed E-state index contributed by atoms with van der Waals surface area (Å²) >= 11 is 0. The lowest BCUT2D eigenvalue weighted by Crippen LogP contribution is -2.12. The van der Waals surface area contributed by atoms with Crippen molar-refractivity contribution in [1.29, 1.82) is 0 Å². The minimum absolute atomic E-state index is 0.314. The lowest BCUT2D eigenvalue weighted by molar-refractivity contribution is 0.122. The molecular formula is C10H15NO2. The zero-order valence-electron chi connectivity index (χ0n) is 7.73. The van der Waals surface area contributed by atoms with Crippen LogP contribution in [0.5, 0.6) is 5.75 Å². The van der Waals surface area contributed by atoms with E-state index in [0.717, 1.165) is 11.3 Å². The van der Waals surface area contributed by atoms with Crippen molar-refractivity contribution in [3.05, 3.63) is 29.8 Å². The van der Waals surface area contributed by atoms with Crippen LogP contribution in [0.2, 0.25) is 0 Å². The standard InChI is InChI=1S/C10H15NO2/c1-8(12)7-13-10-4-2-3-9(5-10)6-11/h2-5,8,12H,6-7,11H2,1H3. The predicted octanol–water partition coefficient (Wildman–Crippen LogP) is 0.905. The van der Waals surface area contributed by atoms with Crippen LogP contribution in [-0.4, -0.2) is 17.8 Å². The largest absolute Gasteiger partial charge is 0.491 e. The van der Waals surface area contributed by atoms with Crippen molar-refractivity contribution in [2.75, 3.05) is 6.61 Å². The Labute approximate surface area is 78.1 Å². The molecule has 0 saturated heterocycles. The third-order valence-electron chi connectivity index (χ3n) is 1.63. The Kier molecular flexibility index (Phi) is 3.73. The highest BCUT2D eigenvalue weighted by atomic mass is 16.5. The molecule has 0 bridgehead atoms. The maximum atomic E-state index is 8.99. The summed E-state index contributed by atoms with van der Waals surface area (Å²) in [6.45, 7) is 2.51. The van der Waals surface area contributed by atoms with Crippen LogP contribution in [-0.2, 0) is 6.54 Å². The summed E-state index contributed by atoms with van der Waals surface area (Å²) in [5.41, 5.74) is 6.50. The number of benzene rings is 1. The summed E-state index contributed by atoms with van der Waals surface area (Å²) in [5, 5.41) is 8.99. The third-order valence-corrected chi connectivity index (χ3v) is 1.63. The summed E-state index contributed by atoms with van der Waals surface area (Å²) < 4.78 is 5.30. The van der Waals surface area contributed by atoms with Crippen LogP contribution in [0.15, 0.2) is 24.3 Å². The third kappa shape index (κ3) is 3.44. The molecule has 0 aromatic heterocycles. The molecule has 13 heavy (non-hydrogen) atoms. The normalized spacial score (nSPS) is 12.5. The topological polar surface area (TPSA) is 55.5 Å². The number of aliphatic hydroxyl groups is 1. The Bertz CT molecular complexity index is 261. The van der Waals surface area contributed by atoms with Crippen molar-refractivity contribution in [1.82, 2.24) is 0 Å². The summed E-state index contributed by atoms with van der Waals surface area (Å²) in [7, 11) is 0. The van der Waals surface area contributed by atoms with Crippen LogP contribution in [0.4, 0.5) is 0 Å². The van der Waals surface area contributed by atoms with Crippen molar-refractivity contribution in [3.8, 4) is 5.75 Å². The Morgan fingerprint density at radius 1 is 1.54 bits per heavy atom. The van der Waals surface area contributed by atoms with Crippen LogP contribution in [0.1, 0.15) is 12.5 Å². The second kappa shape index (κ2) is 4.84. The first-order chi connectivity index (χ1) is 6.22. The molecule has 3 heteroatoms. The summed E-state index contributed by atoms with van der Waals surface area (Å²) in [6, 6.07) is 7.55. The van der Waals surface area contributed by atoms with Gasteiger partial charge in [0.2, 0.25) is 0 Å². The maximum Gasteiger partial charge on any atom is 0.119 e. The predicted molar refractivity (Wildman–Crippen MR) is 51.5 cm³/mol. The van der Waals surface area contributed by atoms with E-state index >= 15 is 0 Å². The quantitative estimate of drug-likeness (QED) is 0.725. The lowest BCUT2D eigenvalue weighted by Gasteiger charge is -2.08. The Morgan fingerprint density at radius 2 is 2.31 bits per heavy atom. The Balaban J connectivity index is 2.56. The van der Waals surface area contributed by atoms with Gasteiger partial charge in [0.05, 0.1) is 6.10 Å². The van der Waals surface area contributed by atoms with Gasteiger partial charge in [-0.1, -0.05) is 12.1 Å². The number of aliphatic hydroxyl groups excluding tert-OH is 1. The molecule has 0 aliphatic heterocycles. The van der Waals surface area contributed by atoms with Gasteiger partial charge < -0.3 is 15.6 Å². The molecule has 1 unspecified atom stereocenters. The zero-order chi connectivity index (χ0) is 9.68. The van der Waals surface area contributed by atoms with Crippen LogP contribution < -0.4 is 10.5 Å². The first-order valence-electron chi connectivity index (χ1n) is 4.32. The molecule has 3 N–H and O–H groups in total. The lowest BCUT2D eigenvalue weighted by atomic mass is 10.2. The van der Waals surface area contributed by atoms with Gasteiger partial charge in [-0.3, -0.25) is 0 Å². The van der Waals surface area contributed by atoms with E-state index in [9.17, 15) is 0 Å². The number of ether oxygens (including phenoxy) is 1. The van der Waals surface area contributed by atoms with Gasteiger partial charge in [0.25, 0.3) is 0 Å². The minimum atomic E-state index is -0.443. The SMILES string of the molecule is CC(O)COc1cccc(CN)c1. The van der Waals surface area contributed by atoms with Crippen LogP contribution in [0, 0.1) is 0 Å². The van der Waals surface area contributed by atoms with Crippen molar-refractivity contribution < 1.29 is 9.84 Å². The molecule has 3 nitrogen and oxygen atoms in total. The molecule has 0 radical (unpaired) electrons. The highest BCUT2D eigenvalue weighted by Gasteiger charge is 1.98. The highest BCUT2D eigenvalue weighted by molar-refractivity contribution is 5.28. The smallest absolute Gasteiger partial charge is 0.119 e. The van der Waals surface area contributed by atoms with Gasteiger partial charge in [-0.25, -0.2) is 0 Å². The second-order valence-electron chi connectivity index (χ2n) is 3.01. The molecular weight excluding hydrogens is 166 g/mol. The van der Waals surface area contributed by atoms with Crippen LogP contribution >= 0.6 is 0 Å². The number of hydrogen-bond donors (Lipinski definition) is 2. The molecule has 1 rings (SSSR count). The molecule has 0 spiro atoms. The van der Waals surface area contributed by atoms with Gasteiger partial charge in [-0.2, -0.15) is 0 Å². The average molecular weight is 181 g/mol. The van der Waals surface area contributed by atoms with Gasteiger partial charge >= 0.3 is 0 Å². The Hall–Kier alpha value is -1.06. The van der Waals surface area contributed by atoms with Crippen LogP contribution in [0.3, 0.4) is 0 Å². The first-order valence-corrected chi connectivity index (χ1v) is 4.32. The molecule has 72 valence electrons. The number of nitrogens with two attached hydrogens (primary N) is 1. The number of hydrogen-bond acceptors (Lipinski definition) is 3. The van der Waals surface area contributed by atoms with E-state index in [4.69, 9.17) is 15.6 Å². The summed E-state index contributed by atoms with van der Waals surface area (Å²) in [6.07, 6.45) is -0.443. The van der Waals surface area contributed by atoms with E-state index in [1.165, 1.54) is 0 Å². The molecule has 1 aromatic carbocycles. The monoisotopic (exact) mass is 181 g/mol. The van der Waals surface area contributed by atoms with E-state index in [1.54, 1.807) is 6.92 Å². The molecule has 0 amide bonds.